The maximum atomic E-state index is 4.42. The van der Waals surface area contributed by atoms with Crippen molar-refractivity contribution in [3.05, 3.63) is 29.7 Å². The van der Waals surface area contributed by atoms with Crippen LogP contribution in [-0.2, 0) is 0 Å². The fraction of sp³-hybridized carbons (Fsp3) is 0.364. The van der Waals surface area contributed by atoms with Crippen molar-refractivity contribution in [2.24, 2.45) is 0 Å². The number of aryl methyl sites for hydroxylation is 1. The summed E-state index contributed by atoms with van der Waals surface area (Å²) in [6.45, 7) is 6.41. The van der Waals surface area contributed by atoms with E-state index in [1.807, 2.05) is 12.4 Å². The predicted molar refractivity (Wildman–Crippen MR) is 54.9 cm³/mol. The molecular formula is C11H14N2. The highest BCUT2D eigenvalue weighted by molar-refractivity contribution is 5.82. The highest BCUT2D eigenvalue weighted by atomic mass is 14.7. The van der Waals surface area contributed by atoms with E-state index < -0.39 is 0 Å². The molecule has 0 fully saturated rings. The third-order valence-corrected chi connectivity index (χ3v) is 2.39. The number of fused-ring (bicyclic) bond motifs is 1. The van der Waals surface area contributed by atoms with Crippen LogP contribution in [0.1, 0.15) is 31.0 Å². The summed E-state index contributed by atoms with van der Waals surface area (Å²) in [5.74, 6) is 0.494. The minimum atomic E-state index is 0.494. The first kappa shape index (κ1) is 8.30. The molecule has 2 aromatic rings. The molecule has 0 spiro atoms. The fourth-order valence-electron chi connectivity index (χ4n) is 1.48. The number of H-pyrrole nitrogens is 1. The Labute approximate surface area is 78.0 Å². The lowest BCUT2D eigenvalue weighted by molar-refractivity contribution is 0.826. The second-order valence-electron chi connectivity index (χ2n) is 3.78. The van der Waals surface area contributed by atoms with E-state index in [0.717, 1.165) is 5.69 Å². The zero-order valence-electron chi connectivity index (χ0n) is 8.26. The van der Waals surface area contributed by atoms with Crippen LogP contribution in [-0.4, -0.2) is 9.97 Å². The molecule has 2 rings (SSSR count). The van der Waals surface area contributed by atoms with Crippen molar-refractivity contribution in [1.29, 1.82) is 0 Å². The molecule has 68 valence electrons. The van der Waals surface area contributed by atoms with E-state index in [4.69, 9.17) is 0 Å². The molecule has 0 saturated carbocycles. The first-order valence-corrected chi connectivity index (χ1v) is 4.62. The standard InChI is InChI=1S/C11H14N2/c1-7(2)10-4-11-9(6-13-10)8(3)5-12-11/h4-7,12H,1-3H3. The highest BCUT2D eigenvalue weighted by Crippen LogP contribution is 2.20. The number of hydrogen-bond acceptors (Lipinski definition) is 1. The van der Waals surface area contributed by atoms with Crippen LogP contribution < -0.4 is 0 Å². The number of rotatable bonds is 1. The van der Waals surface area contributed by atoms with Crippen molar-refractivity contribution in [1.82, 2.24) is 9.97 Å². The molecule has 0 aliphatic carbocycles. The molecule has 0 aliphatic heterocycles. The molecule has 2 heterocycles. The first-order valence-electron chi connectivity index (χ1n) is 4.62. The molecule has 0 aromatic carbocycles. The molecule has 1 N–H and O–H groups in total. The first-order chi connectivity index (χ1) is 6.18. The van der Waals surface area contributed by atoms with Crippen molar-refractivity contribution in [3.8, 4) is 0 Å². The van der Waals surface area contributed by atoms with E-state index in [0.29, 0.717) is 5.92 Å². The van der Waals surface area contributed by atoms with Gasteiger partial charge in [0, 0.05) is 29.0 Å². The lowest BCUT2D eigenvalue weighted by Crippen LogP contribution is -1.91. The summed E-state index contributed by atoms with van der Waals surface area (Å²) in [4.78, 5) is 7.66. The van der Waals surface area contributed by atoms with Crippen LogP contribution in [0.15, 0.2) is 18.5 Å². The molecule has 0 saturated heterocycles. The molecule has 0 unspecified atom stereocenters. The van der Waals surface area contributed by atoms with E-state index in [1.165, 1.54) is 16.5 Å². The summed E-state index contributed by atoms with van der Waals surface area (Å²) in [6, 6.07) is 2.13. The van der Waals surface area contributed by atoms with Gasteiger partial charge < -0.3 is 4.98 Å². The summed E-state index contributed by atoms with van der Waals surface area (Å²) >= 11 is 0. The summed E-state index contributed by atoms with van der Waals surface area (Å²) in [7, 11) is 0. The molecule has 0 aliphatic rings. The Morgan fingerprint density at radius 2 is 2.15 bits per heavy atom. The summed E-state index contributed by atoms with van der Waals surface area (Å²) < 4.78 is 0. The molecular weight excluding hydrogens is 160 g/mol. The third kappa shape index (κ3) is 1.32. The van der Waals surface area contributed by atoms with E-state index >= 15 is 0 Å². The van der Waals surface area contributed by atoms with Gasteiger partial charge in [-0.05, 0) is 24.5 Å². The third-order valence-electron chi connectivity index (χ3n) is 2.39. The Bertz CT molecular complexity index is 427. The smallest absolute Gasteiger partial charge is 0.0490 e. The van der Waals surface area contributed by atoms with Crippen LogP contribution in [0.5, 0.6) is 0 Å². The fourth-order valence-corrected chi connectivity index (χ4v) is 1.48. The predicted octanol–water partition coefficient (Wildman–Crippen LogP) is 2.99. The molecule has 0 amide bonds. The molecule has 0 atom stereocenters. The van der Waals surface area contributed by atoms with Gasteiger partial charge in [-0.25, -0.2) is 0 Å². The quantitative estimate of drug-likeness (QED) is 0.707. The van der Waals surface area contributed by atoms with Gasteiger partial charge in [0.25, 0.3) is 0 Å². The Morgan fingerprint density at radius 3 is 2.85 bits per heavy atom. The molecule has 2 nitrogen and oxygen atoms in total. The van der Waals surface area contributed by atoms with Crippen LogP contribution >= 0.6 is 0 Å². The maximum absolute atomic E-state index is 4.42. The average Bonchev–Trinajstić information content (AvgIpc) is 2.47. The number of nitrogens with zero attached hydrogens (tertiary/aromatic N) is 1. The van der Waals surface area contributed by atoms with Gasteiger partial charge in [0.05, 0.1) is 0 Å². The van der Waals surface area contributed by atoms with Gasteiger partial charge in [-0.1, -0.05) is 13.8 Å². The Kier molecular flexibility index (Phi) is 1.83. The Morgan fingerprint density at radius 1 is 1.38 bits per heavy atom. The Balaban J connectivity index is 2.63. The van der Waals surface area contributed by atoms with Crippen molar-refractivity contribution in [2.45, 2.75) is 26.7 Å². The van der Waals surface area contributed by atoms with Crippen molar-refractivity contribution < 1.29 is 0 Å². The summed E-state index contributed by atoms with van der Waals surface area (Å²) in [5.41, 5.74) is 3.60. The zero-order valence-corrected chi connectivity index (χ0v) is 8.26. The molecule has 13 heavy (non-hydrogen) atoms. The van der Waals surface area contributed by atoms with Gasteiger partial charge >= 0.3 is 0 Å². The molecule has 0 radical (unpaired) electrons. The van der Waals surface area contributed by atoms with Crippen molar-refractivity contribution >= 4 is 10.9 Å². The van der Waals surface area contributed by atoms with Gasteiger partial charge in [-0.3, -0.25) is 4.98 Å². The number of aromatic nitrogens is 2. The number of aromatic amines is 1. The van der Waals surface area contributed by atoms with Crippen LogP contribution in [0.4, 0.5) is 0 Å². The van der Waals surface area contributed by atoms with Gasteiger partial charge in [-0.15, -0.1) is 0 Å². The Hall–Kier alpha value is -1.31. The summed E-state index contributed by atoms with van der Waals surface area (Å²) in [5, 5.41) is 1.23. The van der Waals surface area contributed by atoms with Crippen LogP contribution in [0.25, 0.3) is 10.9 Å². The molecule has 2 aromatic heterocycles. The normalized spacial score (nSPS) is 11.4. The van der Waals surface area contributed by atoms with E-state index in [-0.39, 0.29) is 0 Å². The monoisotopic (exact) mass is 174 g/mol. The van der Waals surface area contributed by atoms with Gasteiger partial charge in [0.2, 0.25) is 0 Å². The second-order valence-corrected chi connectivity index (χ2v) is 3.78. The van der Waals surface area contributed by atoms with Crippen LogP contribution in [0, 0.1) is 6.92 Å². The van der Waals surface area contributed by atoms with E-state index in [1.54, 1.807) is 0 Å². The number of nitrogens with one attached hydrogen (secondary N) is 1. The van der Waals surface area contributed by atoms with Crippen molar-refractivity contribution in [2.75, 3.05) is 0 Å². The second kappa shape index (κ2) is 2.87. The highest BCUT2D eigenvalue weighted by Gasteiger charge is 2.04. The largest absolute Gasteiger partial charge is 0.361 e. The molecule has 0 bridgehead atoms. The van der Waals surface area contributed by atoms with E-state index in [9.17, 15) is 0 Å². The van der Waals surface area contributed by atoms with Gasteiger partial charge in [0.1, 0.15) is 0 Å². The topological polar surface area (TPSA) is 28.7 Å². The maximum Gasteiger partial charge on any atom is 0.0490 e. The average molecular weight is 174 g/mol. The lowest BCUT2D eigenvalue weighted by Gasteiger charge is -2.03. The lowest BCUT2D eigenvalue weighted by atomic mass is 10.1. The number of hydrogen-bond donors (Lipinski definition) is 1. The van der Waals surface area contributed by atoms with Gasteiger partial charge in [0.15, 0.2) is 0 Å². The van der Waals surface area contributed by atoms with Crippen LogP contribution in [0.3, 0.4) is 0 Å². The minimum Gasteiger partial charge on any atom is -0.361 e. The van der Waals surface area contributed by atoms with Crippen LogP contribution in [0.2, 0.25) is 0 Å². The zero-order chi connectivity index (χ0) is 9.42. The molecule has 2 heteroatoms. The SMILES string of the molecule is Cc1c[nH]c2cc(C(C)C)ncc12. The van der Waals surface area contributed by atoms with E-state index in [2.05, 4.69) is 36.8 Å². The summed E-state index contributed by atoms with van der Waals surface area (Å²) in [6.07, 6.45) is 3.98. The van der Waals surface area contributed by atoms with Gasteiger partial charge in [-0.2, -0.15) is 0 Å². The van der Waals surface area contributed by atoms with Crippen molar-refractivity contribution in [3.63, 3.8) is 0 Å². The minimum absolute atomic E-state index is 0.494. The number of pyridine rings is 1.